The predicted octanol–water partition coefficient (Wildman–Crippen LogP) is 3.79. The van der Waals surface area contributed by atoms with Crippen LogP contribution in [0.4, 0.5) is 0 Å². The number of thioether (sulfide) groups is 1. The van der Waals surface area contributed by atoms with E-state index in [0.717, 1.165) is 17.1 Å². The van der Waals surface area contributed by atoms with Gasteiger partial charge in [0.2, 0.25) is 0 Å². The summed E-state index contributed by atoms with van der Waals surface area (Å²) in [6, 6.07) is 18.6. The first kappa shape index (κ1) is 16.1. The maximum Gasteiger partial charge on any atom is 0.323 e. The van der Waals surface area contributed by atoms with E-state index in [9.17, 15) is 9.90 Å². The van der Waals surface area contributed by atoms with Gasteiger partial charge >= 0.3 is 5.97 Å². The Morgan fingerprint density at radius 2 is 1.61 bits per heavy atom. The summed E-state index contributed by atoms with van der Waals surface area (Å²) < 4.78 is 0. The van der Waals surface area contributed by atoms with E-state index in [4.69, 9.17) is 0 Å². The van der Waals surface area contributed by atoms with Gasteiger partial charge in [-0.1, -0.05) is 54.6 Å². The summed E-state index contributed by atoms with van der Waals surface area (Å²) in [4.78, 5) is 11.7. The number of carbonyl (C=O) groups is 1. The van der Waals surface area contributed by atoms with Gasteiger partial charge < -0.3 is 5.11 Å². The summed E-state index contributed by atoms with van der Waals surface area (Å²) in [5.41, 5.74) is 2.72. The Balaban J connectivity index is 1.67. The summed E-state index contributed by atoms with van der Waals surface area (Å²) in [7, 11) is 0. The molecule has 2 N–H and O–H groups in total. The third kappa shape index (κ3) is 3.77. The first-order valence-corrected chi connectivity index (χ1v) is 9.06. The van der Waals surface area contributed by atoms with Crippen molar-refractivity contribution in [3.05, 3.63) is 60.2 Å². The molecule has 0 saturated carbocycles. The van der Waals surface area contributed by atoms with Gasteiger partial charge in [0, 0.05) is 6.54 Å². The molecule has 120 valence electrons. The molecule has 0 aromatic heterocycles. The second-order valence-electron chi connectivity index (χ2n) is 5.92. The Morgan fingerprint density at radius 3 is 2.22 bits per heavy atom. The van der Waals surface area contributed by atoms with E-state index in [1.807, 2.05) is 30.0 Å². The fourth-order valence-electron chi connectivity index (χ4n) is 2.90. The first-order chi connectivity index (χ1) is 11.2. The highest BCUT2D eigenvalue weighted by Crippen LogP contribution is 2.28. The van der Waals surface area contributed by atoms with Gasteiger partial charge in [-0.3, -0.25) is 10.1 Å². The first-order valence-electron chi connectivity index (χ1n) is 7.90. The van der Waals surface area contributed by atoms with Gasteiger partial charge in [-0.05, 0) is 41.0 Å². The standard InChI is InChI=1S/C19H21NO2S/c21-18(22)19(10-12-23-13-11-19)20-14-15-6-8-17(9-7-15)16-4-2-1-3-5-16/h1-9,20H,10-14H2,(H,21,22). The van der Waals surface area contributed by atoms with Crippen LogP contribution >= 0.6 is 11.8 Å². The van der Waals surface area contributed by atoms with Crippen LogP contribution in [-0.4, -0.2) is 28.1 Å². The summed E-state index contributed by atoms with van der Waals surface area (Å²) in [5.74, 6) is 1.09. The van der Waals surface area contributed by atoms with Gasteiger partial charge in [-0.25, -0.2) is 0 Å². The Hall–Kier alpha value is -1.78. The van der Waals surface area contributed by atoms with Crippen molar-refractivity contribution in [1.29, 1.82) is 0 Å². The molecule has 3 rings (SSSR count). The van der Waals surface area contributed by atoms with Crippen LogP contribution in [-0.2, 0) is 11.3 Å². The molecule has 0 aliphatic carbocycles. The summed E-state index contributed by atoms with van der Waals surface area (Å²) >= 11 is 1.83. The summed E-state index contributed by atoms with van der Waals surface area (Å²) in [6.45, 7) is 0.589. The Kier molecular flexibility index (Phi) is 5.03. The zero-order chi connectivity index (χ0) is 16.1. The van der Waals surface area contributed by atoms with E-state index in [-0.39, 0.29) is 0 Å². The lowest BCUT2D eigenvalue weighted by Gasteiger charge is -2.34. The monoisotopic (exact) mass is 327 g/mol. The molecule has 0 amide bonds. The normalized spacial score (nSPS) is 16.9. The molecule has 2 aromatic carbocycles. The number of nitrogens with one attached hydrogen (secondary N) is 1. The summed E-state index contributed by atoms with van der Waals surface area (Å²) in [6.07, 6.45) is 1.38. The van der Waals surface area contributed by atoms with Crippen LogP contribution in [0.1, 0.15) is 18.4 Å². The average Bonchev–Trinajstić information content (AvgIpc) is 2.62. The minimum atomic E-state index is -0.761. The van der Waals surface area contributed by atoms with Crippen molar-refractivity contribution in [2.75, 3.05) is 11.5 Å². The number of hydrogen-bond acceptors (Lipinski definition) is 3. The van der Waals surface area contributed by atoms with Gasteiger partial charge in [0.05, 0.1) is 0 Å². The lowest BCUT2D eigenvalue weighted by atomic mass is 9.92. The molecule has 3 nitrogen and oxygen atoms in total. The van der Waals surface area contributed by atoms with Crippen molar-refractivity contribution in [2.24, 2.45) is 0 Å². The van der Waals surface area contributed by atoms with Gasteiger partial charge in [-0.15, -0.1) is 0 Å². The van der Waals surface area contributed by atoms with Crippen LogP contribution in [0.2, 0.25) is 0 Å². The molecule has 1 heterocycles. The van der Waals surface area contributed by atoms with E-state index in [0.29, 0.717) is 19.4 Å². The predicted molar refractivity (Wildman–Crippen MR) is 95.6 cm³/mol. The Morgan fingerprint density at radius 1 is 1.00 bits per heavy atom. The number of carboxylic acid groups (broad SMARTS) is 1. The molecular formula is C19H21NO2S. The molecule has 4 heteroatoms. The number of aliphatic carboxylic acids is 1. The molecule has 1 aliphatic heterocycles. The minimum absolute atomic E-state index is 0.589. The lowest BCUT2D eigenvalue weighted by Crippen LogP contribution is -2.53. The van der Waals surface area contributed by atoms with E-state index in [1.54, 1.807) is 0 Å². The van der Waals surface area contributed by atoms with Crippen molar-refractivity contribution < 1.29 is 9.90 Å². The average molecular weight is 327 g/mol. The van der Waals surface area contributed by atoms with E-state index < -0.39 is 11.5 Å². The largest absolute Gasteiger partial charge is 0.480 e. The Labute approximate surface area is 141 Å². The van der Waals surface area contributed by atoms with Crippen molar-refractivity contribution in [3.8, 4) is 11.1 Å². The molecule has 2 aromatic rings. The lowest BCUT2D eigenvalue weighted by molar-refractivity contribution is -0.145. The van der Waals surface area contributed by atoms with Crippen LogP contribution in [0.25, 0.3) is 11.1 Å². The van der Waals surface area contributed by atoms with Gasteiger partial charge in [0.15, 0.2) is 0 Å². The highest BCUT2D eigenvalue weighted by Gasteiger charge is 2.39. The van der Waals surface area contributed by atoms with Crippen molar-refractivity contribution in [1.82, 2.24) is 5.32 Å². The molecule has 23 heavy (non-hydrogen) atoms. The zero-order valence-electron chi connectivity index (χ0n) is 13.0. The fraction of sp³-hybridized carbons (Fsp3) is 0.316. The highest BCUT2D eigenvalue weighted by molar-refractivity contribution is 7.99. The highest BCUT2D eigenvalue weighted by atomic mass is 32.2. The molecule has 0 spiro atoms. The second-order valence-corrected chi connectivity index (χ2v) is 7.14. The maximum atomic E-state index is 11.7. The van der Waals surface area contributed by atoms with Crippen LogP contribution in [0, 0.1) is 0 Å². The van der Waals surface area contributed by atoms with E-state index in [1.165, 1.54) is 11.1 Å². The third-order valence-electron chi connectivity index (χ3n) is 4.45. The van der Waals surface area contributed by atoms with Crippen molar-refractivity contribution >= 4 is 17.7 Å². The molecule has 1 saturated heterocycles. The van der Waals surface area contributed by atoms with Crippen LogP contribution in [0.3, 0.4) is 0 Å². The van der Waals surface area contributed by atoms with Gasteiger partial charge in [-0.2, -0.15) is 11.8 Å². The van der Waals surface area contributed by atoms with Crippen LogP contribution < -0.4 is 5.32 Å². The van der Waals surface area contributed by atoms with Gasteiger partial charge in [0.25, 0.3) is 0 Å². The molecule has 0 bridgehead atoms. The number of carboxylic acids is 1. The fourth-order valence-corrected chi connectivity index (χ4v) is 4.09. The molecule has 1 fully saturated rings. The second kappa shape index (κ2) is 7.20. The minimum Gasteiger partial charge on any atom is -0.480 e. The maximum absolute atomic E-state index is 11.7. The number of hydrogen-bond donors (Lipinski definition) is 2. The van der Waals surface area contributed by atoms with E-state index >= 15 is 0 Å². The zero-order valence-corrected chi connectivity index (χ0v) is 13.8. The quantitative estimate of drug-likeness (QED) is 0.877. The van der Waals surface area contributed by atoms with Crippen molar-refractivity contribution in [3.63, 3.8) is 0 Å². The molecule has 1 aliphatic rings. The number of benzene rings is 2. The molecule has 0 atom stereocenters. The van der Waals surface area contributed by atoms with Crippen molar-refractivity contribution in [2.45, 2.75) is 24.9 Å². The smallest absolute Gasteiger partial charge is 0.323 e. The molecular weight excluding hydrogens is 306 g/mol. The number of rotatable bonds is 5. The van der Waals surface area contributed by atoms with Crippen LogP contribution in [0.15, 0.2) is 54.6 Å². The molecule has 0 radical (unpaired) electrons. The summed E-state index contributed by atoms with van der Waals surface area (Å²) in [5, 5.41) is 12.9. The third-order valence-corrected chi connectivity index (χ3v) is 5.43. The molecule has 0 unspecified atom stereocenters. The SMILES string of the molecule is O=C(O)C1(NCc2ccc(-c3ccccc3)cc2)CCSCC1. The van der Waals surface area contributed by atoms with Gasteiger partial charge in [0.1, 0.15) is 5.54 Å². The van der Waals surface area contributed by atoms with Crippen LogP contribution in [0.5, 0.6) is 0 Å². The topological polar surface area (TPSA) is 49.3 Å². The van der Waals surface area contributed by atoms with E-state index in [2.05, 4.69) is 41.7 Å². The Bertz CT molecular complexity index is 649.